The van der Waals surface area contributed by atoms with E-state index in [0.29, 0.717) is 28.6 Å². The summed E-state index contributed by atoms with van der Waals surface area (Å²) in [4.78, 5) is 23.0. The number of benzene rings is 1. The molecule has 0 bridgehead atoms. The summed E-state index contributed by atoms with van der Waals surface area (Å²) in [6, 6.07) is 3.20. The molecule has 0 aliphatic carbocycles. The Hall–Kier alpha value is -1.60. The lowest BCUT2D eigenvalue weighted by Gasteiger charge is -2.16. The number of carboxylic acids is 1. The summed E-state index contributed by atoms with van der Waals surface area (Å²) < 4.78 is 5.10. The predicted molar refractivity (Wildman–Crippen MR) is 84.6 cm³/mol. The van der Waals surface area contributed by atoms with E-state index in [1.807, 2.05) is 6.26 Å². The molecule has 3 N–H and O–H groups in total. The number of hydrogen-bond acceptors (Lipinski definition) is 4. The SMILES string of the molecule is COc1ccc(Cl)cc1NC(=O)N[C@@H](CCSC)C(=O)O. The molecule has 0 aromatic heterocycles. The molecular weight excluding hydrogens is 316 g/mol. The van der Waals surface area contributed by atoms with E-state index in [-0.39, 0.29) is 0 Å². The van der Waals surface area contributed by atoms with E-state index in [2.05, 4.69) is 10.6 Å². The van der Waals surface area contributed by atoms with E-state index < -0.39 is 18.0 Å². The lowest BCUT2D eigenvalue weighted by atomic mass is 10.2. The van der Waals surface area contributed by atoms with Crippen LogP contribution in [0.15, 0.2) is 18.2 Å². The second-order valence-corrected chi connectivity index (χ2v) is 5.54. The van der Waals surface area contributed by atoms with Gasteiger partial charge in [-0.1, -0.05) is 11.6 Å². The van der Waals surface area contributed by atoms with Gasteiger partial charge in [0.05, 0.1) is 12.8 Å². The van der Waals surface area contributed by atoms with Gasteiger partial charge in [-0.3, -0.25) is 0 Å². The maximum absolute atomic E-state index is 11.9. The van der Waals surface area contributed by atoms with Gasteiger partial charge in [0.15, 0.2) is 0 Å². The van der Waals surface area contributed by atoms with E-state index in [1.165, 1.54) is 24.9 Å². The quantitative estimate of drug-likeness (QED) is 0.714. The van der Waals surface area contributed by atoms with Crippen LogP contribution in [0, 0.1) is 0 Å². The molecule has 0 saturated carbocycles. The Kier molecular flexibility index (Phi) is 7.18. The second kappa shape index (κ2) is 8.63. The third kappa shape index (κ3) is 5.73. The molecule has 1 rings (SSSR count). The molecule has 2 amide bonds. The van der Waals surface area contributed by atoms with Crippen molar-refractivity contribution in [2.45, 2.75) is 12.5 Å². The van der Waals surface area contributed by atoms with Crippen molar-refractivity contribution in [1.29, 1.82) is 0 Å². The fourth-order valence-electron chi connectivity index (χ4n) is 1.59. The van der Waals surface area contributed by atoms with Crippen molar-refractivity contribution in [1.82, 2.24) is 5.32 Å². The number of urea groups is 1. The minimum Gasteiger partial charge on any atom is -0.495 e. The maximum atomic E-state index is 11.9. The Bertz CT molecular complexity index is 513. The number of amides is 2. The van der Waals surface area contributed by atoms with Crippen LogP contribution in [0.5, 0.6) is 5.75 Å². The number of anilines is 1. The maximum Gasteiger partial charge on any atom is 0.326 e. The molecule has 0 spiro atoms. The molecule has 0 radical (unpaired) electrons. The minimum atomic E-state index is -1.07. The van der Waals surface area contributed by atoms with E-state index in [0.717, 1.165) is 0 Å². The normalized spacial score (nSPS) is 11.6. The van der Waals surface area contributed by atoms with Gasteiger partial charge in [0.25, 0.3) is 0 Å². The average Bonchev–Trinajstić information content (AvgIpc) is 2.43. The predicted octanol–water partition coefficient (Wildman–Crippen LogP) is 2.68. The van der Waals surface area contributed by atoms with Crippen molar-refractivity contribution < 1.29 is 19.4 Å². The highest BCUT2D eigenvalue weighted by atomic mass is 35.5. The smallest absolute Gasteiger partial charge is 0.326 e. The number of carboxylic acid groups (broad SMARTS) is 1. The standard InChI is InChI=1S/C13H17ClN2O4S/c1-20-11-4-3-8(14)7-10(11)16-13(19)15-9(12(17)18)5-6-21-2/h3-4,7,9H,5-6H2,1-2H3,(H,17,18)(H2,15,16,19)/t9-/m0/s1. The Labute approximate surface area is 132 Å². The van der Waals surface area contributed by atoms with E-state index in [9.17, 15) is 9.59 Å². The lowest BCUT2D eigenvalue weighted by Crippen LogP contribution is -2.43. The number of aliphatic carboxylic acids is 1. The first-order valence-electron chi connectivity index (χ1n) is 6.10. The van der Waals surface area contributed by atoms with Gasteiger partial charge in [0.2, 0.25) is 0 Å². The van der Waals surface area contributed by atoms with Crippen LogP contribution in [0.3, 0.4) is 0 Å². The number of rotatable bonds is 7. The molecule has 1 aromatic rings. The molecule has 8 heteroatoms. The number of nitrogens with one attached hydrogen (secondary N) is 2. The number of carbonyl (C=O) groups excluding carboxylic acids is 1. The minimum absolute atomic E-state index is 0.344. The van der Waals surface area contributed by atoms with Gasteiger partial charge >= 0.3 is 12.0 Å². The zero-order chi connectivity index (χ0) is 15.8. The van der Waals surface area contributed by atoms with Crippen molar-refractivity contribution in [2.75, 3.05) is 24.4 Å². The summed E-state index contributed by atoms with van der Waals surface area (Å²) >= 11 is 7.37. The molecule has 0 aliphatic rings. The molecule has 21 heavy (non-hydrogen) atoms. The van der Waals surface area contributed by atoms with E-state index >= 15 is 0 Å². The van der Waals surface area contributed by atoms with Gasteiger partial charge in [0.1, 0.15) is 11.8 Å². The molecule has 0 fully saturated rings. The Morgan fingerprint density at radius 3 is 2.76 bits per heavy atom. The number of thioether (sulfide) groups is 1. The second-order valence-electron chi connectivity index (χ2n) is 4.12. The molecular formula is C13H17ClN2O4S. The summed E-state index contributed by atoms with van der Waals surface area (Å²) in [5.41, 5.74) is 0.372. The highest BCUT2D eigenvalue weighted by Crippen LogP contribution is 2.27. The summed E-state index contributed by atoms with van der Waals surface area (Å²) in [6.07, 6.45) is 2.21. The Morgan fingerprint density at radius 1 is 1.48 bits per heavy atom. The number of hydrogen-bond donors (Lipinski definition) is 3. The summed E-state index contributed by atoms with van der Waals surface area (Å²) in [6.45, 7) is 0. The van der Waals surface area contributed by atoms with Crippen LogP contribution >= 0.6 is 23.4 Å². The Morgan fingerprint density at radius 2 is 2.19 bits per heavy atom. The van der Waals surface area contributed by atoms with Gasteiger partial charge in [0, 0.05) is 5.02 Å². The topological polar surface area (TPSA) is 87.7 Å². The summed E-state index contributed by atoms with van der Waals surface area (Å²) in [5.74, 6) is 0.000341. The first-order chi connectivity index (χ1) is 9.97. The number of methoxy groups -OCH3 is 1. The van der Waals surface area contributed by atoms with Crippen LogP contribution in [-0.4, -0.2) is 42.3 Å². The van der Waals surface area contributed by atoms with Gasteiger partial charge in [-0.05, 0) is 36.6 Å². The Balaban J connectivity index is 2.71. The first-order valence-corrected chi connectivity index (χ1v) is 7.88. The van der Waals surface area contributed by atoms with Crippen LogP contribution in [0.2, 0.25) is 5.02 Å². The zero-order valence-corrected chi connectivity index (χ0v) is 13.3. The zero-order valence-electron chi connectivity index (χ0n) is 11.7. The van der Waals surface area contributed by atoms with Crippen molar-refractivity contribution in [2.24, 2.45) is 0 Å². The van der Waals surface area contributed by atoms with E-state index in [4.69, 9.17) is 21.4 Å². The van der Waals surface area contributed by atoms with Crippen LogP contribution in [0.1, 0.15) is 6.42 Å². The third-order valence-corrected chi connectivity index (χ3v) is 3.50. The molecule has 0 saturated heterocycles. The fraction of sp³-hybridized carbons (Fsp3) is 0.385. The summed E-state index contributed by atoms with van der Waals surface area (Å²) in [7, 11) is 1.46. The molecule has 0 aliphatic heterocycles. The molecule has 0 unspecified atom stereocenters. The summed E-state index contributed by atoms with van der Waals surface area (Å²) in [5, 5.41) is 14.4. The van der Waals surface area contributed by atoms with Crippen molar-refractivity contribution in [3.8, 4) is 5.75 Å². The third-order valence-electron chi connectivity index (χ3n) is 2.62. The van der Waals surface area contributed by atoms with Gasteiger partial charge in [-0.2, -0.15) is 11.8 Å². The van der Waals surface area contributed by atoms with E-state index in [1.54, 1.807) is 12.1 Å². The molecule has 116 valence electrons. The highest BCUT2D eigenvalue weighted by molar-refractivity contribution is 7.98. The van der Waals surface area contributed by atoms with Crippen LogP contribution in [-0.2, 0) is 4.79 Å². The monoisotopic (exact) mass is 332 g/mol. The fourth-order valence-corrected chi connectivity index (χ4v) is 2.23. The molecule has 1 aromatic carbocycles. The molecule has 6 nitrogen and oxygen atoms in total. The molecule has 1 atom stereocenters. The number of ether oxygens (including phenoxy) is 1. The lowest BCUT2D eigenvalue weighted by molar-refractivity contribution is -0.139. The number of halogens is 1. The molecule has 0 heterocycles. The van der Waals surface area contributed by atoms with Crippen molar-refractivity contribution >= 4 is 41.1 Å². The first kappa shape index (κ1) is 17.5. The van der Waals surface area contributed by atoms with Crippen LogP contribution in [0.4, 0.5) is 10.5 Å². The van der Waals surface area contributed by atoms with Crippen molar-refractivity contribution in [3.63, 3.8) is 0 Å². The number of carbonyl (C=O) groups is 2. The van der Waals surface area contributed by atoms with Crippen LogP contribution < -0.4 is 15.4 Å². The van der Waals surface area contributed by atoms with Crippen molar-refractivity contribution in [3.05, 3.63) is 23.2 Å². The largest absolute Gasteiger partial charge is 0.495 e. The average molecular weight is 333 g/mol. The van der Waals surface area contributed by atoms with Gasteiger partial charge in [-0.25, -0.2) is 9.59 Å². The highest BCUT2D eigenvalue weighted by Gasteiger charge is 2.20. The van der Waals surface area contributed by atoms with Gasteiger partial charge in [-0.15, -0.1) is 0 Å². The van der Waals surface area contributed by atoms with Gasteiger partial charge < -0.3 is 20.5 Å². The van der Waals surface area contributed by atoms with Crippen LogP contribution in [0.25, 0.3) is 0 Å².